The maximum atomic E-state index is 3.45. The molecule has 1 aromatic heterocycles. The van der Waals surface area contributed by atoms with Crippen LogP contribution in [0.15, 0.2) is 59.3 Å². The van der Waals surface area contributed by atoms with Crippen molar-refractivity contribution in [1.82, 2.24) is 0 Å². The minimum absolute atomic E-state index is 0. The number of nitrogens with zero attached hydrogens (tertiary/aromatic N) is 1. The highest BCUT2D eigenvalue weighted by Gasteiger charge is 2.02. The Morgan fingerprint density at radius 3 is 2.29 bits per heavy atom. The molecule has 0 fully saturated rings. The van der Waals surface area contributed by atoms with E-state index in [1.807, 2.05) is 42.7 Å². The van der Waals surface area contributed by atoms with E-state index in [4.69, 9.17) is 0 Å². The third-order valence-corrected chi connectivity index (χ3v) is 2.32. The van der Waals surface area contributed by atoms with Crippen LogP contribution >= 0.6 is 15.9 Å². The Hall–Kier alpha value is -0.860. The van der Waals surface area contributed by atoms with Crippen molar-refractivity contribution in [2.24, 2.45) is 0 Å². The van der Waals surface area contributed by atoms with Gasteiger partial charge in [-0.1, -0.05) is 28.1 Å². The van der Waals surface area contributed by atoms with Crippen LogP contribution < -0.4 is 17.0 Å². The van der Waals surface area contributed by atoms with E-state index in [0.717, 1.165) is 10.2 Å². The Morgan fingerprint density at radius 2 is 1.64 bits per heavy atom. The van der Waals surface area contributed by atoms with Crippen molar-refractivity contribution in [2.45, 2.75) is 0 Å². The summed E-state index contributed by atoms with van der Waals surface area (Å²) in [7, 11) is 0. The largest absolute Gasteiger partial charge is 1.00 e. The lowest BCUT2D eigenvalue weighted by Crippen LogP contribution is -3.00. The smallest absolute Gasteiger partial charge is 0.211 e. The summed E-state index contributed by atoms with van der Waals surface area (Å²) in [5, 5.41) is 0. The van der Waals surface area contributed by atoms with E-state index in [0.29, 0.717) is 0 Å². The summed E-state index contributed by atoms with van der Waals surface area (Å²) in [6, 6.07) is 14.2. The van der Waals surface area contributed by atoms with E-state index in [2.05, 4.69) is 32.6 Å². The highest BCUT2D eigenvalue weighted by molar-refractivity contribution is 9.10. The predicted octanol–water partition coefficient (Wildman–Crippen LogP) is -0.270. The molecule has 0 aliphatic rings. The zero-order valence-electron chi connectivity index (χ0n) is 7.40. The van der Waals surface area contributed by atoms with Crippen molar-refractivity contribution < 1.29 is 17.0 Å². The number of halogens is 2. The first-order valence-electron chi connectivity index (χ1n) is 4.08. The van der Waals surface area contributed by atoms with E-state index in [-0.39, 0.29) is 12.4 Å². The quantitative estimate of drug-likeness (QED) is 0.628. The van der Waals surface area contributed by atoms with Gasteiger partial charge < -0.3 is 12.4 Å². The van der Waals surface area contributed by atoms with Gasteiger partial charge in [0.25, 0.3) is 0 Å². The van der Waals surface area contributed by atoms with Crippen molar-refractivity contribution in [3.05, 3.63) is 59.3 Å². The van der Waals surface area contributed by atoms with Crippen molar-refractivity contribution in [3.8, 4) is 5.69 Å². The van der Waals surface area contributed by atoms with Crippen LogP contribution in [0.1, 0.15) is 0 Å². The average molecular weight is 271 g/mol. The Morgan fingerprint density at radius 1 is 0.929 bits per heavy atom. The molecular formula is C11H9BrClN. The van der Waals surface area contributed by atoms with Gasteiger partial charge >= 0.3 is 0 Å². The third kappa shape index (κ3) is 2.56. The van der Waals surface area contributed by atoms with Crippen LogP contribution in [0.3, 0.4) is 0 Å². The highest BCUT2D eigenvalue weighted by atomic mass is 79.9. The summed E-state index contributed by atoms with van der Waals surface area (Å²) in [5.41, 5.74) is 1.16. The standard InChI is InChI=1S/C11H9BrN.ClH/c12-10-5-4-6-11(9-10)13-7-2-1-3-8-13;/h1-9H;1H/q+1;/p-1. The monoisotopic (exact) mass is 269 g/mol. The second kappa shape index (κ2) is 5.13. The lowest BCUT2D eigenvalue weighted by Gasteiger charge is -1.94. The molecule has 0 bridgehead atoms. The fraction of sp³-hybridized carbons (Fsp3) is 0. The molecule has 0 N–H and O–H groups in total. The fourth-order valence-corrected chi connectivity index (χ4v) is 1.59. The van der Waals surface area contributed by atoms with E-state index in [1.54, 1.807) is 0 Å². The molecule has 1 heterocycles. The minimum atomic E-state index is 0. The highest BCUT2D eigenvalue weighted by Crippen LogP contribution is 2.10. The van der Waals surface area contributed by atoms with Crippen molar-refractivity contribution >= 4 is 15.9 Å². The van der Waals surface area contributed by atoms with Gasteiger partial charge in [-0.05, 0) is 6.07 Å². The van der Waals surface area contributed by atoms with Gasteiger partial charge in [-0.25, -0.2) is 0 Å². The number of benzene rings is 1. The number of pyridine rings is 1. The van der Waals surface area contributed by atoms with Gasteiger partial charge in [-0.15, -0.1) is 0 Å². The summed E-state index contributed by atoms with van der Waals surface area (Å²) < 4.78 is 3.17. The molecule has 0 saturated carbocycles. The van der Waals surface area contributed by atoms with Crippen LogP contribution in [0.2, 0.25) is 0 Å². The first kappa shape index (κ1) is 11.2. The molecule has 2 aromatic rings. The summed E-state index contributed by atoms with van der Waals surface area (Å²) in [4.78, 5) is 0. The average Bonchev–Trinajstić information content (AvgIpc) is 2.19. The molecule has 0 saturated heterocycles. The van der Waals surface area contributed by atoms with Crippen LogP contribution in [0.5, 0.6) is 0 Å². The molecule has 3 heteroatoms. The van der Waals surface area contributed by atoms with E-state index in [9.17, 15) is 0 Å². The van der Waals surface area contributed by atoms with Gasteiger partial charge in [0, 0.05) is 28.7 Å². The number of aromatic nitrogens is 1. The molecule has 0 amide bonds. The minimum Gasteiger partial charge on any atom is -1.00 e. The molecule has 0 radical (unpaired) electrons. The van der Waals surface area contributed by atoms with Gasteiger partial charge in [0.15, 0.2) is 12.4 Å². The molecule has 2 rings (SSSR count). The summed E-state index contributed by atoms with van der Waals surface area (Å²) in [6.07, 6.45) is 4.06. The maximum absolute atomic E-state index is 3.45. The molecule has 1 nitrogen and oxygen atoms in total. The zero-order chi connectivity index (χ0) is 9.10. The van der Waals surface area contributed by atoms with Gasteiger partial charge in [-0.2, -0.15) is 4.57 Å². The SMILES string of the molecule is Brc1cccc(-[n+]2ccccc2)c1.[Cl-]. The van der Waals surface area contributed by atoms with Gasteiger partial charge in [-0.3, -0.25) is 0 Å². The van der Waals surface area contributed by atoms with Crippen LogP contribution in [0, 0.1) is 0 Å². The molecule has 0 atom stereocenters. The van der Waals surface area contributed by atoms with Crippen LogP contribution in [-0.2, 0) is 0 Å². The second-order valence-electron chi connectivity index (χ2n) is 2.76. The number of hydrogen-bond donors (Lipinski definition) is 0. The van der Waals surface area contributed by atoms with E-state index >= 15 is 0 Å². The molecule has 14 heavy (non-hydrogen) atoms. The Labute approximate surface area is 97.9 Å². The summed E-state index contributed by atoms with van der Waals surface area (Å²) in [6.45, 7) is 0. The van der Waals surface area contributed by atoms with E-state index < -0.39 is 0 Å². The number of rotatable bonds is 1. The van der Waals surface area contributed by atoms with Gasteiger partial charge in [0.2, 0.25) is 5.69 Å². The first-order chi connectivity index (χ1) is 6.36. The van der Waals surface area contributed by atoms with Gasteiger partial charge in [0.05, 0.1) is 0 Å². The maximum Gasteiger partial charge on any atom is 0.211 e. The Kier molecular flexibility index (Phi) is 4.11. The summed E-state index contributed by atoms with van der Waals surface area (Å²) in [5.74, 6) is 0. The first-order valence-corrected chi connectivity index (χ1v) is 4.88. The Balaban J connectivity index is 0.000000980. The van der Waals surface area contributed by atoms with Crippen LogP contribution in [0.4, 0.5) is 0 Å². The fourth-order valence-electron chi connectivity index (χ4n) is 1.21. The molecule has 0 aliphatic carbocycles. The van der Waals surface area contributed by atoms with Crippen molar-refractivity contribution in [2.75, 3.05) is 0 Å². The van der Waals surface area contributed by atoms with Crippen molar-refractivity contribution in [1.29, 1.82) is 0 Å². The Bertz CT molecular complexity index is 403. The molecule has 0 unspecified atom stereocenters. The molecule has 1 aromatic carbocycles. The predicted molar refractivity (Wildman–Crippen MR) is 55.7 cm³/mol. The van der Waals surface area contributed by atoms with Crippen LogP contribution in [-0.4, -0.2) is 0 Å². The second-order valence-corrected chi connectivity index (χ2v) is 3.68. The third-order valence-electron chi connectivity index (χ3n) is 1.82. The lowest BCUT2D eigenvalue weighted by molar-refractivity contribution is -0.595. The lowest BCUT2D eigenvalue weighted by atomic mass is 10.3. The molecular weight excluding hydrogens is 261 g/mol. The molecule has 72 valence electrons. The number of hydrogen-bond acceptors (Lipinski definition) is 0. The van der Waals surface area contributed by atoms with Crippen molar-refractivity contribution in [3.63, 3.8) is 0 Å². The zero-order valence-corrected chi connectivity index (χ0v) is 9.74. The van der Waals surface area contributed by atoms with Crippen LogP contribution in [0.25, 0.3) is 5.69 Å². The molecule has 0 aliphatic heterocycles. The molecule has 0 spiro atoms. The van der Waals surface area contributed by atoms with Gasteiger partial charge in [0.1, 0.15) is 0 Å². The normalized spacial score (nSPS) is 9.21. The summed E-state index contributed by atoms with van der Waals surface area (Å²) >= 11 is 3.45. The topological polar surface area (TPSA) is 3.88 Å². The van der Waals surface area contributed by atoms with E-state index in [1.165, 1.54) is 0 Å².